The summed E-state index contributed by atoms with van der Waals surface area (Å²) >= 11 is 6.02. The molecule has 10 heteroatoms. The first-order chi connectivity index (χ1) is 11.6. The molecule has 6 nitrogen and oxygen atoms in total. The van der Waals surface area contributed by atoms with E-state index in [2.05, 4.69) is 5.10 Å². The highest BCUT2D eigenvalue weighted by Gasteiger charge is 2.34. The quantitative estimate of drug-likeness (QED) is 0.692. The lowest BCUT2D eigenvalue weighted by Crippen LogP contribution is -2.41. The van der Waals surface area contributed by atoms with E-state index in [0.29, 0.717) is 21.6 Å². The molecule has 0 saturated heterocycles. The van der Waals surface area contributed by atoms with Crippen LogP contribution < -0.4 is 11.2 Å². The predicted octanol–water partition coefficient (Wildman–Crippen LogP) is 2.15. The molecular formula is C15H12ClF3N4O2. The van der Waals surface area contributed by atoms with E-state index in [1.54, 1.807) is 29.9 Å². The van der Waals surface area contributed by atoms with Crippen molar-refractivity contribution in [2.24, 2.45) is 14.1 Å². The van der Waals surface area contributed by atoms with Crippen LogP contribution in [0.5, 0.6) is 0 Å². The topological polar surface area (TPSA) is 61.8 Å². The normalized spacial score (nSPS) is 12.1. The molecule has 0 amide bonds. The van der Waals surface area contributed by atoms with E-state index in [1.807, 2.05) is 0 Å². The Bertz CT molecular complexity index is 1100. The average molecular weight is 373 g/mol. The SMILES string of the molecule is Cn1c(C(F)(F)F)cc(=O)n(Cc2ccc3c(c2)c(Cl)nn3C)c1=O. The minimum absolute atomic E-state index is 0.176. The van der Waals surface area contributed by atoms with Gasteiger partial charge in [-0.05, 0) is 17.7 Å². The lowest BCUT2D eigenvalue weighted by molar-refractivity contribution is -0.144. The summed E-state index contributed by atoms with van der Waals surface area (Å²) in [6.07, 6.45) is -4.78. The first-order valence-electron chi connectivity index (χ1n) is 7.09. The van der Waals surface area contributed by atoms with E-state index in [0.717, 1.165) is 17.1 Å². The van der Waals surface area contributed by atoms with Crippen LogP contribution in [0, 0.1) is 0 Å². The number of halogens is 4. The van der Waals surface area contributed by atoms with E-state index < -0.39 is 23.1 Å². The van der Waals surface area contributed by atoms with Gasteiger partial charge in [0.15, 0.2) is 5.15 Å². The molecule has 1 aromatic carbocycles. The summed E-state index contributed by atoms with van der Waals surface area (Å²) in [6, 6.07) is 5.43. The monoisotopic (exact) mass is 372 g/mol. The van der Waals surface area contributed by atoms with Crippen LogP contribution in [0.1, 0.15) is 11.3 Å². The highest BCUT2D eigenvalue weighted by atomic mass is 35.5. The van der Waals surface area contributed by atoms with Gasteiger partial charge < -0.3 is 0 Å². The van der Waals surface area contributed by atoms with E-state index in [9.17, 15) is 22.8 Å². The van der Waals surface area contributed by atoms with Crippen LogP contribution in [0.15, 0.2) is 33.9 Å². The second-order valence-corrected chi connectivity index (χ2v) is 5.92. The Morgan fingerprint density at radius 3 is 2.48 bits per heavy atom. The van der Waals surface area contributed by atoms with E-state index >= 15 is 0 Å². The van der Waals surface area contributed by atoms with Gasteiger partial charge in [0.25, 0.3) is 5.56 Å². The lowest BCUT2D eigenvalue weighted by atomic mass is 10.1. The van der Waals surface area contributed by atoms with Crippen molar-refractivity contribution < 1.29 is 13.2 Å². The third-order valence-electron chi connectivity index (χ3n) is 3.91. The standard InChI is InChI=1S/C15H12ClF3N4O2/c1-21-11(15(17,18)19)6-12(24)23(14(21)25)7-8-3-4-10-9(5-8)13(16)20-22(10)2/h3-6H,7H2,1-2H3. The number of hydrogen-bond acceptors (Lipinski definition) is 3. The van der Waals surface area contributed by atoms with Crippen LogP contribution in [-0.4, -0.2) is 18.9 Å². The summed E-state index contributed by atoms with van der Waals surface area (Å²) in [5, 5.41) is 4.93. The molecule has 0 saturated carbocycles. The maximum atomic E-state index is 12.9. The summed E-state index contributed by atoms with van der Waals surface area (Å²) in [5.41, 5.74) is -2.06. The molecule has 25 heavy (non-hydrogen) atoms. The third kappa shape index (κ3) is 2.95. The molecule has 0 bridgehead atoms. The van der Waals surface area contributed by atoms with Gasteiger partial charge in [-0.1, -0.05) is 17.7 Å². The maximum absolute atomic E-state index is 12.9. The minimum Gasteiger partial charge on any atom is -0.292 e. The minimum atomic E-state index is -4.78. The number of benzene rings is 1. The molecule has 0 atom stereocenters. The van der Waals surface area contributed by atoms with Gasteiger partial charge in [0.05, 0.1) is 12.1 Å². The van der Waals surface area contributed by atoms with Gasteiger partial charge in [-0.15, -0.1) is 0 Å². The van der Waals surface area contributed by atoms with Crippen molar-refractivity contribution in [1.29, 1.82) is 0 Å². The Morgan fingerprint density at radius 2 is 1.84 bits per heavy atom. The summed E-state index contributed by atoms with van der Waals surface area (Å²) in [5.74, 6) is 0. The fourth-order valence-electron chi connectivity index (χ4n) is 2.64. The van der Waals surface area contributed by atoms with Gasteiger partial charge in [0.2, 0.25) is 0 Å². The summed E-state index contributed by atoms with van der Waals surface area (Å²) in [6.45, 7) is -0.176. The fourth-order valence-corrected chi connectivity index (χ4v) is 2.90. The van der Waals surface area contributed by atoms with E-state index in [-0.39, 0.29) is 11.7 Å². The Balaban J connectivity index is 2.10. The largest absolute Gasteiger partial charge is 0.431 e. The second-order valence-electron chi connectivity index (χ2n) is 5.56. The van der Waals surface area contributed by atoms with Crippen LogP contribution >= 0.6 is 11.6 Å². The lowest BCUT2D eigenvalue weighted by Gasteiger charge is -2.14. The maximum Gasteiger partial charge on any atom is 0.431 e. The zero-order valence-electron chi connectivity index (χ0n) is 13.1. The zero-order chi connectivity index (χ0) is 18.5. The third-order valence-corrected chi connectivity index (χ3v) is 4.19. The average Bonchev–Trinajstić information content (AvgIpc) is 2.80. The van der Waals surface area contributed by atoms with Gasteiger partial charge in [0.1, 0.15) is 5.69 Å². The highest BCUT2D eigenvalue weighted by molar-refractivity contribution is 6.34. The van der Waals surface area contributed by atoms with Gasteiger partial charge in [-0.2, -0.15) is 18.3 Å². The van der Waals surface area contributed by atoms with Gasteiger partial charge in [0, 0.05) is 25.5 Å². The predicted molar refractivity (Wildman–Crippen MR) is 85.8 cm³/mol. The number of nitrogens with zero attached hydrogens (tertiary/aromatic N) is 4. The molecule has 3 aromatic rings. The van der Waals surface area contributed by atoms with Crippen molar-refractivity contribution in [2.75, 3.05) is 0 Å². The van der Waals surface area contributed by atoms with Gasteiger partial charge in [-0.3, -0.25) is 18.6 Å². The highest BCUT2D eigenvalue weighted by Crippen LogP contribution is 2.27. The molecule has 0 fully saturated rings. The summed E-state index contributed by atoms with van der Waals surface area (Å²) in [7, 11) is 2.69. The molecule has 2 aromatic heterocycles. The molecule has 0 radical (unpaired) electrons. The smallest absolute Gasteiger partial charge is 0.292 e. The molecule has 0 aliphatic heterocycles. The number of fused-ring (bicyclic) bond motifs is 1. The van der Waals surface area contributed by atoms with Gasteiger partial charge >= 0.3 is 11.9 Å². The molecule has 0 spiro atoms. The summed E-state index contributed by atoms with van der Waals surface area (Å²) in [4.78, 5) is 24.2. The number of rotatable bonds is 2. The fraction of sp³-hybridized carbons (Fsp3) is 0.267. The second kappa shape index (κ2) is 5.76. The van der Waals surface area contributed by atoms with Crippen molar-refractivity contribution in [3.05, 3.63) is 61.5 Å². The number of alkyl halides is 3. The van der Waals surface area contributed by atoms with Crippen molar-refractivity contribution >= 4 is 22.5 Å². The molecular weight excluding hydrogens is 361 g/mol. The van der Waals surface area contributed by atoms with Crippen molar-refractivity contribution in [3.63, 3.8) is 0 Å². The molecule has 0 aliphatic carbocycles. The van der Waals surface area contributed by atoms with Crippen LogP contribution in [0.25, 0.3) is 10.9 Å². The van der Waals surface area contributed by atoms with Gasteiger partial charge in [-0.25, -0.2) is 4.79 Å². The van der Waals surface area contributed by atoms with Crippen LogP contribution in [0.4, 0.5) is 13.2 Å². The van der Waals surface area contributed by atoms with E-state index in [4.69, 9.17) is 11.6 Å². The Morgan fingerprint density at radius 1 is 1.16 bits per heavy atom. The van der Waals surface area contributed by atoms with Crippen molar-refractivity contribution in [2.45, 2.75) is 12.7 Å². The van der Waals surface area contributed by atoms with Crippen LogP contribution in [-0.2, 0) is 26.8 Å². The van der Waals surface area contributed by atoms with Crippen LogP contribution in [0.2, 0.25) is 5.15 Å². The Kier molecular flexibility index (Phi) is 3.98. The number of hydrogen-bond donors (Lipinski definition) is 0. The molecule has 2 heterocycles. The van der Waals surface area contributed by atoms with Crippen LogP contribution in [0.3, 0.4) is 0 Å². The molecule has 0 N–H and O–H groups in total. The Labute approximate surface area is 143 Å². The zero-order valence-corrected chi connectivity index (χ0v) is 13.9. The number of aryl methyl sites for hydroxylation is 1. The molecule has 0 aliphatic rings. The number of aromatic nitrogens is 4. The molecule has 0 unspecified atom stereocenters. The summed E-state index contributed by atoms with van der Waals surface area (Å²) < 4.78 is 41.3. The molecule has 132 valence electrons. The molecule has 3 rings (SSSR count). The van der Waals surface area contributed by atoms with E-state index in [1.165, 1.54) is 0 Å². The first kappa shape index (κ1) is 17.3. The Hall–Kier alpha value is -2.55. The van der Waals surface area contributed by atoms with Crippen molar-refractivity contribution in [1.82, 2.24) is 18.9 Å². The first-order valence-corrected chi connectivity index (χ1v) is 7.46. The van der Waals surface area contributed by atoms with Crippen molar-refractivity contribution in [3.8, 4) is 0 Å².